The molecule has 2 atom stereocenters. The quantitative estimate of drug-likeness (QED) is 0.871. The monoisotopic (exact) mass is 345 g/mol. The fraction of sp³-hybridized carbons (Fsp3) is 0.722. The smallest absolute Gasteiger partial charge is 0.274 e. The second-order valence-corrected chi connectivity index (χ2v) is 7.36. The SMILES string of the molecule is O=C(c1ccc(N2CCCC2)nn1)N1CCN([C@@H]2CCC[C@H]2O)CC1. The molecule has 0 aromatic carbocycles. The van der Waals surface area contributed by atoms with Crippen LogP contribution >= 0.6 is 0 Å². The van der Waals surface area contributed by atoms with Crippen LogP contribution in [-0.4, -0.2) is 82.4 Å². The minimum absolute atomic E-state index is 0.0351. The Bertz CT molecular complexity index is 594. The van der Waals surface area contributed by atoms with Gasteiger partial charge in [-0.05, 0) is 44.2 Å². The highest BCUT2D eigenvalue weighted by Gasteiger charge is 2.33. The van der Waals surface area contributed by atoms with E-state index < -0.39 is 0 Å². The van der Waals surface area contributed by atoms with Gasteiger partial charge in [0, 0.05) is 45.3 Å². The van der Waals surface area contributed by atoms with Gasteiger partial charge in [-0.2, -0.15) is 0 Å². The average Bonchev–Trinajstić information content (AvgIpc) is 3.33. The molecule has 3 aliphatic rings. The molecular formula is C18H27N5O2. The Morgan fingerprint density at radius 3 is 2.32 bits per heavy atom. The number of aromatic nitrogens is 2. The number of aliphatic hydroxyl groups excluding tert-OH is 1. The molecule has 1 amide bonds. The predicted octanol–water partition coefficient (Wildman–Crippen LogP) is 0.748. The third kappa shape index (κ3) is 3.48. The van der Waals surface area contributed by atoms with Gasteiger partial charge in [0.25, 0.3) is 5.91 Å². The average molecular weight is 345 g/mol. The van der Waals surface area contributed by atoms with Gasteiger partial charge in [0.1, 0.15) is 0 Å². The van der Waals surface area contributed by atoms with Crippen molar-refractivity contribution in [2.75, 3.05) is 44.2 Å². The van der Waals surface area contributed by atoms with Crippen molar-refractivity contribution >= 4 is 11.7 Å². The molecule has 0 spiro atoms. The molecule has 0 unspecified atom stereocenters. The maximum absolute atomic E-state index is 12.7. The summed E-state index contributed by atoms with van der Waals surface area (Å²) in [5.41, 5.74) is 0.428. The normalized spacial score (nSPS) is 27.9. The Labute approximate surface area is 148 Å². The van der Waals surface area contributed by atoms with E-state index in [4.69, 9.17) is 0 Å². The zero-order chi connectivity index (χ0) is 17.2. The van der Waals surface area contributed by atoms with E-state index in [0.29, 0.717) is 18.8 Å². The molecule has 3 heterocycles. The van der Waals surface area contributed by atoms with Crippen LogP contribution in [0.3, 0.4) is 0 Å². The topological polar surface area (TPSA) is 72.8 Å². The Hall–Kier alpha value is -1.73. The summed E-state index contributed by atoms with van der Waals surface area (Å²) in [6.07, 6.45) is 5.27. The van der Waals surface area contributed by atoms with Crippen LogP contribution in [0.4, 0.5) is 5.82 Å². The zero-order valence-electron chi connectivity index (χ0n) is 14.7. The lowest BCUT2D eigenvalue weighted by atomic mass is 10.1. The number of hydrogen-bond donors (Lipinski definition) is 1. The second-order valence-electron chi connectivity index (χ2n) is 7.36. The summed E-state index contributed by atoms with van der Waals surface area (Å²) in [6, 6.07) is 3.99. The van der Waals surface area contributed by atoms with Gasteiger partial charge in [0.05, 0.1) is 6.10 Å². The van der Waals surface area contributed by atoms with Crippen LogP contribution in [0.25, 0.3) is 0 Å². The standard InChI is InChI=1S/C18H27N5O2/c24-16-5-3-4-15(16)21-10-12-23(13-11-21)18(25)14-6-7-17(20-19-14)22-8-1-2-9-22/h6-7,15-16,24H,1-5,8-13H2/t15-,16-/m1/s1. The molecule has 1 aromatic rings. The van der Waals surface area contributed by atoms with Crippen molar-refractivity contribution in [2.24, 2.45) is 0 Å². The number of piperazine rings is 1. The number of carbonyl (C=O) groups is 1. The fourth-order valence-electron chi connectivity index (χ4n) is 4.32. The molecule has 2 aliphatic heterocycles. The highest BCUT2D eigenvalue weighted by atomic mass is 16.3. The third-order valence-electron chi connectivity index (χ3n) is 5.81. The lowest BCUT2D eigenvalue weighted by Gasteiger charge is -2.38. The number of anilines is 1. The van der Waals surface area contributed by atoms with Gasteiger partial charge in [-0.1, -0.05) is 0 Å². The largest absolute Gasteiger partial charge is 0.391 e. The predicted molar refractivity (Wildman–Crippen MR) is 94.6 cm³/mol. The summed E-state index contributed by atoms with van der Waals surface area (Å²) in [4.78, 5) is 19.1. The van der Waals surface area contributed by atoms with Gasteiger partial charge >= 0.3 is 0 Å². The van der Waals surface area contributed by atoms with Crippen LogP contribution in [0.2, 0.25) is 0 Å². The molecule has 25 heavy (non-hydrogen) atoms. The lowest BCUT2D eigenvalue weighted by Crippen LogP contribution is -2.53. The van der Waals surface area contributed by atoms with Crippen LogP contribution < -0.4 is 4.90 Å². The van der Waals surface area contributed by atoms with Gasteiger partial charge in [0.15, 0.2) is 11.5 Å². The Kier molecular flexibility index (Phi) is 4.85. The molecule has 4 rings (SSSR count). The summed E-state index contributed by atoms with van der Waals surface area (Å²) in [7, 11) is 0. The summed E-state index contributed by atoms with van der Waals surface area (Å²) in [6.45, 7) is 5.09. The van der Waals surface area contributed by atoms with Crippen molar-refractivity contribution < 1.29 is 9.90 Å². The third-order valence-corrected chi connectivity index (χ3v) is 5.81. The van der Waals surface area contributed by atoms with Gasteiger partial charge < -0.3 is 14.9 Å². The van der Waals surface area contributed by atoms with E-state index in [9.17, 15) is 9.90 Å². The van der Waals surface area contributed by atoms with E-state index in [-0.39, 0.29) is 18.1 Å². The molecule has 2 saturated heterocycles. The molecule has 7 heteroatoms. The molecule has 1 aromatic heterocycles. The van der Waals surface area contributed by atoms with Gasteiger partial charge in [-0.3, -0.25) is 9.69 Å². The maximum atomic E-state index is 12.7. The minimum atomic E-state index is -0.203. The van der Waals surface area contributed by atoms with Crippen LogP contribution in [0, 0.1) is 0 Å². The first-order valence-corrected chi connectivity index (χ1v) is 9.52. The Balaban J connectivity index is 1.34. The summed E-state index contributed by atoms with van der Waals surface area (Å²) < 4.78 is 0. The Morgan fingerprint density at radius 2 is 1.72 bits per heavy atom. The maximum Gasteiger partial charge on any atom is 0.274 e. The van der Waals surface area contributed by atoms with Crippen molar-refractivity contribution in [3.63, 3.8) is 0 Å². The van der Waals surface area contributed by atoms with E-state index in [1.165, 1.54) is 12.8 Å². The molecule has 7 nitrogen and oxygen atoms in total. The van der Waals surface area contributed by atoms with Gasteiger partial charge in [-0.25, -0.2) is 0 Å². The van der Waals surface area contributed by atoms with E-state index in [2.05, 4.69) is 20.0 Å². The highest BCUT2D eigenvalue weighted by molar-refractivity contribution is 5.92. The zero-order valence-corrected chi connectivity index (χ0v) is 14.7. The van der Waals surface area contributed by atoms with Crippen LogP contribution in [0.5, 0.6) is 0 Å². The number of rotatable bonds is 3. The second kappa shape index (κ2) is 7.25. The first kappa shape index (κ1) is 16.7. The van der Waals surface area contributed by atoms with Crippen molar-refractivity contribution in [3.05, 3.63) is 17.8 Å². The van der Waals surface area contributed by atoms with E-state index in [0.717, 1.165) is 51.3 Å². The van der Waals surface area contributed by atoms with Crippen LogP contribution in [-0.2, 0) is 0 Å². The number of hydrogen-bond acceptors (Lipinski definition) is 6. The molecule has 1 N–H and O–H groups in total. The molecule has 0 bridgehead atoms. The molecule has 3 fully saturated rings. The summed E-state index contributed by atoms with van der Waals surface area (Å²) in [5, 5.41) is 18.5. The minimum Gasteiger partial charge on any atom is -0.391 e. The molecule has 1 saturated carbocycles. The van der Waals surface area contributed by atoms with E-state index in [1.54, 1.807) is 6.07 Å². The van der Waals surface area contributed by atoms with Gasteiger partial charge in [0.2, 0.25) is 0 Å². The van der Waals surface area contributed by atoms with Gasteiger partial charge in [-0.15, -0.1) is 10.2 Å². The molecule has 1 aliphatic carbocycles. The van der Waals surface area contributed by atoms with Crippen LogP contribution in [0.1, 0.15) is 42.6 Å². The summed E-state index contributed by atoms with van der Waals surface area (Å²) >= 11 is 0. The van der Waals surface area contributed by atoms with Crippen molar-refractivity contribution in [1.82, 2.24) is 20.0 Å². The number of carbonyl (C=O) groups excluding carboxylic acids is 1. The number of nitrogens with zero attached hydrogens (tertiary/aromatic N) is 5. The number of aliphatic hydroxyl groups is 1. The van der Waals surface area contributed by atoms with E-state index >= 15 is 0 Å². The Morgan fingerprint density at radius 1 is 0.960 bits per heavy atom. The number of amides is 1. The summed E-state index contributed by atoms with van der Waals surface area (Å²) in [5.74, 6) is 0.834. The fourth-order valence-corrected chi connectivity index (χ4v) is 4.32. The van der Waals surface area contributed by atoms with Crippen LogP contribution in [0.15, 0.2) is 12.1 Å². The van der Waals surface area contributed by atoms with E-state index in [1.807, 2.05) is 11.0 Å². The lowest BCUT2D eigenvalue weighted by molar-refractivity contribution is 0.0312. The van der Waals surface area contributed by atoms with Crippen molar-refractivity contribution in [1.29, 1.82) is 0 Å². The van der Waals surface area contributed by atoms with Crippen molar-refractivity contribution in [2.45, 2.75) is 44.2 Å². The molecule has 0 radical (unpaired) electrons. The molecule has 136 valence electrons. The highest BCUT2D eigenvalue weighted by Crippen LogP contribution is 2.25. The molecular weight excluding hydrogens is 318 g/mol. The first-order chi connectivity index (χ1) is 12.2. The van der Waals surface area contributed by atoms with Crippen molar-refractivity contribution in [3.8, 4) is 0 Å². The first-order valence-electron chi connectivity index (χ1n) is 9.52.